The molecule has 1 heterocycles. The molecule has 0 bridgehead atoms. The third-order valence-electron chi connectivity index (χ3n) is 4.63. The second kappa shape index (κ2) is 4.82. The van der Waals surface area contributed by atoms with Crippen LogP contribution in [0.3, 0.4) is 0 Å². The van der Waals surface area contributed by atoms with E-state index < -0.39 is 0 Å². The lowest BCUT2D eigenvalue weighted by atomic mass is 10.0. The van der Waals surface area contributed by atoms with Crippen LogP contribution in [-0.2, 0) is 9.53 Å². The molecule has 18 heavy (non-hydrogen) atoms. The molecule has 1 N–H and O–H groups in total. The van der Waals surface area contributed by atoms with Gasteiger partial charge in [-0.15, -0.1) is 0 Å². The van der Waals surface area contributed by atoms with Crippen LogP contribution < -0.4 is 5.32 Å². The molecule has 3 aliphatic rings. The van der Waals surface area contributed by atoms with E-state index >= 15 is 0 Å². The van der Waals surface area contributed by atoms with Crippen LogP contribution in [0.4, 0.5) is 0 Å². The molecule has 4 heteroatoms. The summed E-state index contributed by atoms with van der Waals surface area (Å²) in [7, 11) is 1.76. The minimum atomic E-state index is 0.107. The summed E-state index contributed by atoms with van der Waals surface area (Å²) in [4.78, 5) is 14.4. The molecule has 3 fully saturated rings. The first-order chi connectivity index (χ1) is 8.72. The Kier molecular flexibility index (Phi) is 3.32. The van der Waals surface area contributed by atoms with Crippen LogP contribution >= 0.6 is 0 Å². The summed E-state index contributed by atoms with van der Waals surface area (Å²) in [6.07, 6.45) is 7.13. The van der Waals surface area contributed by atoms with Gasteiger partial charge in [-0.3, -0.25) is 4.79 Å². The fourth-order valence-corrected chi connectivity index (χ4v) is 2.97. The topological polar surface area (TPSA) is 41.6 Å². The lowest BCUT2D eigenvalue weighted by Gasteiger charge is -2.23. The number of carbonyl (C=O) groups is 1. The second-order valence-corrected chi connectivity index (χ2v) is 6.28. The van der Waals surface area contributed by atoms with Gasteiger partial charge in [0.05, 0.1) is 6.04 Å². The average molecular weight is 252 g/mol. The molecule has 3 rings (SSSR count). The van der Waals surface area contributed by atoms with E-state index in [1.165, 1.54) is 25.7 Å². The van der Waals surface area contributed by atoms with Crippen molar-refractivity contribution in [2.45, 2.75) is 50.6 Å². The van der Waals surface area contributed by atoms with Crippen molar-refractivity contribution >= 4 is 5.91 Å². The molecule has 1 saturated heterocycles. The molecule has 1 aliphatic heterocycles. The van der Waals surface area contributed by atoms with Crippen LogP contribution in [0.1, 0.15) is 38.5 Å². The molecule has 2 aliphatic carbocycles. The standard InChI is InChI=1S/C14H24N2O2/c1-18-9-7-14(5-6-14)10-16-8-4-12(13(16)17)15-11-2-3-11/h11-12,15H,2-10H2,1H3. The number of nitrogens with zero attached hydrogens (tertiary/aromatic N) is 1. The van der Waals surface area contributed by atoms with Gasteiger partial charge in [0.2, 0.25) is 5.91 Å². The molecule has 0 aromatic heterocycles. The summed E-state index contributed by atoms with van der Waals surface area (Å²) < 4.78 is 5.18. The predicted octanol–water partition coefficient (Wildman–Crippen LogP) is 1.16. The first kappa shape index (κ1) is 12.4. The van der Waals surface area contributed by atoms with E-state index in [4.69, 9.17) is 4.74 Å². The van der Waals surface area contributed by atoms with Crippen molar-refractivity contribution in [1.29, 1.82) is 0 Å². The van der Waals surface area contributed by atoms with E-state index in [1.54, 1.807) is 7.11 Å². The quantitative estimate of drug-likeness (QED) is 0.739. The summed E-state index contributed by atoms with van der Waals surface area (Å²) >= 11 is 0. The number of ether oxygens (including phenoxy) is 1. The largest absolute Gasteiger partial charge is 0.385 e. The Morgan fingerprint density at radius 3 is 2.78 bits per heavy atom. The van der Waals surface area contributed by atoms with Gasteiger partial charge >= 0.3 is 0 Å². The van der Waals surface area contributed by atoms with Crippen LogP contribution in [0.15, 0.2) is 0 Å². The van der Waals surface area contributed by atoms with E-state index in [0.717, 1.165) is 32.5 Å². The molecule has 2 saturated carbocycles. The number of amides is 1. The van der Waals surface area contributed by atoms with Gasteiger partial charge < -0.3 is 15.0 Å². The highest BCUT2D eigenvalue weighted by Crippen LogP contribution is 2.49. The van der Waals surface area contributed by atoms with Crippen molar-refractivity contribution in [3.8, 4) is 0 Å². The third-order valence-corrected chi connectivity index (χ3v) is 4.63. The molecule has 4 nitrogen and oxygen atoms in total. The number of carbonyl (C=O) groups excluding carboxylic acids is 1. The highest BCUT2D eigenvalue weighted by atomic mass is 16.5. The lowest BCUT2D eigenvalue weighted by molar-refractivity contribution is -0.130. The van der Waals surface area contributed by atoms with Crippen molar-refractivity contribution in [2.75, 3.05) is 26.8 Å². The zero-order chi connectivity index (χ0) is 12.6. The average Bonchev–Trinajstić information content (AvgIpc) is 3.26. The Bertz CT molecular complexity index is 324. The van der Waals surface area contributed by atoms with Gasteiger partial charge in [0.25, 0.3) is 0 Å². The number of hydrogen-bond donors (Lipinski definition) is 1. The lowest BCUT2D eigenvalue weighted by Crippen LogP contribution is -2.41. The summed E-state index contributed by atoms with van der Waals surface area (Å²) in [5.74, 6) is 0.339. The number of hydrogen-bond acceptors (Lipinski definition) is 3. The maximum Gasteiger partial charge on any atom is 0.239 e. The van der Waals surface area contributed by atoms with Gasteiger partial charge in [0.15, 0.2) is 0 Å². The zero-order valence-electron chi connectivity index (χ0n) is 11.3. The highest BCUT2D eigenvalue weighted by molar-refractivity contribution is 5.84. The van der Waals surface area contributed by atoms with E-state index in [-0.39, 0.29) is 6.04 Å². The van der Waals surface area contributed by atoms with Crippen molar-refractivity contribution in [3.63, 3.8) is 0 Å². The summed E-state index contributed by atoms with van der Waals surface area (Å²) in [6, 6.07) is 0.734. The zero-order valence-corrected chi connectivity index (χ0v) is 11.3. The van der Waals surface area contributed by atoms with E-state index in [0.29, 0.717) is 17.4 Å². The Morgan fingerprint density at radius 1 is 1.39 bits per heavy atom. The highest BCUT2D eigenvalue weighted by Gasteiger charge is 2.46. The Labute approximate surface area is 109 Å². The molecule has 0 spiro atoms. The first-order valence-corrected chi connectivity index (χ1v) is 7.26. The predicted molar refractivity (Wildman–Crippen MR) is 69.3 cm³/mol. The summed E-state index contributed by atoms with van der Waals surface area (Å²) in [5.41, 5.74) is 0.389. The molecule has 1 atom stereocenters. The van der Waals surface area contributed by atoms with E-state index in [1.807, 2.05) is 0 Å². The molecular weight excluding hydrogens is 228 g/mol. The van der Waals surface area contributed by atoms with Crippen LogP contribution in [-0.4, -0.2) is 49.7 Å². The SMILES string of the molecule is COCCC1(CN2CCC(NC3CC3)C2=O)CC1. The van der Waals surface area contributed by atoms with Crippen LogP contribution in [0.25, 0.3) is 0 Å². The number of nitrogens with one attached hydrogen (secondary N) is 1. The van der Waals surface area contributed by atoms with Gasteiger partial charge in [-0.1, -0.05) is 0 Å². The number of rotatable bonds is 7. The van der Waals surface area contributed by atoms with E-state index in [2.05, 4.69) is 10.2 Å². The maximum atomic E-state index is 12.3. The molecule has 0 aromatic rings. The van der Waals surface area contributed by atoms with E-state index in [9.17, 15) is 4.79 Å². The summed E-state index contributed by atoms with van der Waals surface area (Å²) in [6.45, 7) is 2.72. The molecular formula is C14H24N2O2. The summed E-state index contributed by atoms with van der Waals surface area (Å²) in [5, 5.41) is 3.47. The smallest absolute Gasteiger partial charge is 0.239 e. The van der Waals surface area contributed by atoms with Gasteiger partial charge in [-0.05, 0) is 43.9 Å². The minimum Gasteiger partial charge on any atom is -0.385 e. The fourth-order valence-electron chi connectivity index (χ4n) is 2.97. The Balaban J connectivity index is 1.49. The Hall–Kier alpha value is -0.610. The molecule has 1 amide bonds. The monoisotopic (exact) mass is 252 g/mol. The molecule has 0 aromatic carbocycles. The van der Waals surface area contributed by atoms with Crippen molar-refractivity contribution < 1.29 is 9.53 Å². The third kappa shape index (κ3) is 2.69. The minimum absolute atomic E-state index is 0.107. The second-order valence-electron chi connectivity index (χ2n) is 6.28. The number of likely N-dealkylation sites (tertiary alicyclic amines) is 1. The molecule has 102 valence electrons. The van der Waals surface area contributed by atoms with Crippen LogP contribution in [0, 0.1) is 5.41 Å². The number of methoxy groups -OCH3 is 1. The van der Waals surface area contributed by atoms with Gasteiger partial charge in [-0.2, -0.15) is 0 Å². The van der Waals surface area contributed by atoms with Crippen molar-refractivity contribution in [3.05, 3.63) is 0 Å². The normalized spacial score (nSPS) is 29.9. The van der Waals surface area contributed by atoms with Gasteiger partial charge in [0.1, 0.15) is 0 Å². The van der Waals surface area contributed by atoms with Crippen LogP contribution in [0.2, 0.25) is 0 Å². The van der Waals surface area contributed by atoms with Gasteiger partial charge in [-0.25, -0.2) is 0 Å². The van der Waals surface area contributed by atoms with Crippen molar-refractivity contribution in [1.82, 2.24) is 10.2 Å². The maximum absolute atomic E-state index is 12.3. The van der Waals surface area contributed by atoms with Crippen molar-refractivity contribution in [2.24, 2.45) is 5.41 Å². The van der Waals surface area contributed by atoms with Crippen LogP contribution in [0.5, 0.6) is 0 Å². The fraction of sp³-hybridized carbons (Fsp3) is 0.929. The Morgan fingerprint density at radius 2 is 2.17 bits per heavy atom. The molecule has 1 unspecified atom stereocenters. The van der Waals surface area contributed by atoms with Gasteiger partial charge in [0, 0.05) is 32.8 Å². The first-order valence-electron chi connectivity index (χ1n) is 7.26. The molecule has 0 radical (unpaired) electrons.